The third-order valence-corrected chi connectivity index (χ3v) is 4.49. The van der Waals surface area contributed by atoms with E-state index in [1.165, 1.54) is 25.7 Å². The minimum absolute atomic E-state index is 0.110. The standard InChI is InChI=1S/C16H27N3O2/c1-2-21-16(20)10-13-9-15(12-19(11-13)8-7-17)18-14-5-3-4-6-14/h13-15,18H,2-6,8-12H2,1H3. The Morgan fingerprint density at radius 2 is 2.10 bits per heavy atom. The van der Waals surface area contributed by atoms with Crippen LogP contribution in [0.2, 0.25) is 0 Å². The van der Waals surface area contributed by atoms with Crippen molar-refractivity contribution in [3.8, 4) is 6.07 Å². The molecule has 2 atom stereocenters. The molecule has 1 aliphatic carbocycles. The van der Waals surface area contributed by atoms with Crippen LogP contribution in [0.25, 0.3) is 0 Å². The number of carbonyl (C=O) groups excluding carboxylic acids is 1. The summed E-state index contributed by atoms with van der Waals surface area (Å²) in [5.74, 6) is 0.186. The van der Waals surface area contributed by atoms with Gasteiger partial charge >= 0.3 is 5.97 Å². The number of piperidine rings is 1. The first kappa shape index (κ1) is 16.3. The molecule has 1 saturated heterocycles. The van der Waals surface area contributed by atoms with Crippen molar-refractivity contribution < 1.29 is 9.53 Å². The molecular formula is C16H27N3O2. The van der Waals surface area contributed by atoms with Gasteiger partial charge in [0.2, 0.25) is 0 Å². The molecule has 118 valence electrons. The van der Waals surface area contributed by atoms with Gasteiger partial charge in [0, 0.05) is 31.6 Å². The third-order valence-electron chi connectivity index (χ3n) is 4.49. The number of ether oxygens (including phenoxy) is 1. The van der Waals surface area contributed by atoms with Crippen molar-refractivity contribution in [1.29, 1.82) is 5.26 Å². The maximum absolute atomic E-state index is 11.7. The average molecular weight is 293 g/mol. The quantitative estimate of drug-likeness (QED) is 0.596. The van der Waals surface area contributed by atoms with E-state index in [0.29, 0.717) is 37.6 Å². The molecule has 1 saturated carbocycles. The van der Waals surface area contributed by atoms with Crippen LogP contribution in [0.1, 0.15) is 45.4 Å². The maximum Gasteiger partial charge on any atom is 0.306 e. The Labute approximate surface area is 127 Å². The summed E-state index contributed by atoms with van der Waals surface area (Å²) >= 11 is 0. The zero-order valence-electron chi connectivity index (χ0n) is 13.0. The van der Waals surface area contributed by atoms with Gasteiger partial charge in [-0.05, 0) is 32.1 Å². The summed E-state index contributed by atoms with van der Waals surface area (Å²) in [5, 5.41) is 12.7. The predicted octanol–water partition coefficient (Wildman–Crippen LogP) is 1.69. The number of nitrogens with zero attached hydrogens (tertiary/aromatic N) is 2. The lowest BCUT2D eigenvalue weighted by Crippen LogP contribution is -2.51. The molecule has 0 radical (unpaired) electrons. The highest BCUT2D eigenvalue weighted by Gasteiger charge is 2.30. The summed E-state index contributed by atoms with van der Waals surface area (Å²) < 4.78 is 5.07. The third kappa shape index (κ3) is 5.29. The molecule has 2 aliphatic rings. The summed E-state index contributed by atoms with van der Waals surface area (Å²) in [6.07, 6.45) is 6.64. The van der Waals surface area contributed by atoms with Gasteiger partial charge in [0.25, 0.3) is 0 Å². The van der Waals surface area contributed by atoms with Crippen molar-refractivity contribution in [2.75, 3.05) is 26.2 Å². The fourth-order valence-electron chi connectivity index (χ4n) is 3.68. The molecule has 2 fully saturated rings. The molecule has 2 unspecified atom stereocenters. The van der Waals surface area contributed by atoms with Gasteiger partial charge in [0.1, 0.15) is 0 Å². The molecule has 21 heavy (non-hydrogen) atoms. The van der Waals surface area contributed by atoms with Crippen LogP contribution in [-0.4, -0.2) is 49.2 Å². The molecule has 1 heterocycles. The van der Waals surface area contributed by atoms with E-state index in [4.69, 9.17) is 10.00 Å². The molecule has 5 heteroatoms. The molecule has 0 bridgehead atoms. The van der Waals surface area contributed by atoms with Crippen molar-refractivity contribution in [1.82, 2.24) is 10.2 Å². The zero-order valence-corrected chi connectivity index (χ0v) is 13.0. The normalized spacial score (nSPS) is 27.4. The van der Waals surface area contributed by atoms with Gasteiger partial charge in [-0.2, -0.15) is 5.26 Å². The first-order chi connectivity index (χ1) is 10.2. The number of rotatable bonds is 6. The van der Waals surface area contributed by atoms with Gasteiger partial charge in [0.15, 0.2) is 0 Å². The maximum atomic E-state index is 11.7. The number of hydrogen-bond acceptors (Lipinski definition) is 5. The van der Waals surface area contributed by atoms with Crippen molar-refractivity contribution in [2.24, 2.45) is 5.92 Å². The van der Waals surface area contributed by atoms with Gasteiger partial charge in [-0.1, -0.05) is 12.8 Å². The van der Waals surface area contributed by atoms with Crippen LogP contribution in [0.3, 0.4) is 0 Å². The molecule has 5 nitrogen and oxygen atoms in total. The Morgan fingerprint density at radius 3 is 2.76 bits per heavy atom. The van der Waals surface area contributed by atoms with Crippen LogP contribution >= 0.6 is 0 Å². The topological polar surface area (TPSA) is 65.4 Å². The second kappa shape index (κ2) is 8.35. The molecule has 0 aromatic carbocycles. The fraction of sp³-hybridized carbons (Fsp3) is 0.875. The Hall–Kier alpha value is -1.12. The SMILES string of the molecule is CCOC(=O)CC1CC(NC2CCCC2)CN(CC#N)C1. The Bertz CT molecular complexity index is 374. The number of likely N-dealkylation sites (tertiary alicyclic amines) is 1. The van der Waals surface area contributed by atoms with E-state index in [0.717, 1.165) is 19.5 Å². The molecule has 0 aromatic rings. The van der Waals surface area contributed by atoms with E-state index in [-0.39, 0.29) is 5.97 Å². The van der Waals surface area contributed by atoms with Crippen LogP contribution in [0.4, 0.5) is 0 Å². The minimum atomic E-state index is -0.110. The summed E-state index contributed by atoms with van der Waals surface area (Å²) in [6, 6.07) is 3.26. The summed E-state index contributed by atoms with van der Waals surface area (Å²) in [6.45, 7) is 4.48. The molecular weight excluding hydrogens is 266 g/mol. The number of hydrogen-bond donors (Lipinski definition) is 1. The number of nitrogens with one attached hydrogen (secondary N) is 1. The van der Waals surface area contributed by atoms with Crippen molar-refractivity contribution in [2.45, 2.75) is 57.5 Å². The average Bonchev–Trinajstić information content (AvgIpc) is 2.92. The highest BCUT2D eigenvalue weighted by Crippen LogP contribution is 2.24. The van der Waals surface area contributed by atoms with Crippen LogP contribution in [-0.2, 0) is 9.53 Å². The van der Waals surface area contributed by atoms with E-state index in [1.807, 2.05) is 6.92 Å². The van der Waals surface area contributed by atoms with Gasteiger partial charge in [-0.3, -0.25) is 9.69 Å². The monoisotopic (exact) mass is 293 g/mol. The lowest BCUT2D eigenvalue weighted by Gasteiger charge is -2.38. The fourth-order valence-corrected chi connectivity index (χ4v) is 3.68. The van der Waals surface area contributed by atoms with Crippen molar-refractivity contribution in [3.63, 3.8) is 0 Å². The lowest BCUT2D eigenvalue weighted by atomic mass is 9.91. The van der Waals surface area contributed by atoms with Gasteiger partial charge in [-0.25, -0.2) is 0 Å². The predicted molar refractivity (Wildman–Crippen MR) is 80.6 cm³/mol. The first-order valence-electron chi connectivity index (χ1n) is 8.22. The highest BCUT2D eigenvalue weighted by atomic mass is 16.5. The number of carbonyl (C=O) groups is 1. The van der Waals surface area contributed by atoms with E-state index in [9.17, 15) is 4.79 Å². The molecule has 0 amide bonds. The zero-order chi connectivity index (χ0) is 15.1. The largest absolute Gasteiger partial charge is 0.466 e. The van der Waals surface area contributed by atoms with Gasteiger partial charge < -0.3 is 10.1 Å². The minimum Gasteiger partial charge on any atom is -0.466 e. The summed E-state index contributed by atoms with van der Waals surface area (Å²) in [4.78, 5) is 13.9. The summed E-state index contributed by atoms with van der Waals surface area (Å²) in [5.41, 5.74) is 0. The summed E-state index contributed by atoms with van der Waals surface area (Å²) in [7, 11) is 0. The smallest absolute Gasteiger partial charge is 0.306 e. The second-order valence-corrected chi connectivity index (χ2v) is 6.31. The molecule has 1 aliphatic heterocycles. The van der Waals surface area contributed by atoms with Crippen LogP contribution in [0.15, 0.2) is 0 Å². The number of nitriles is 1. The Morgan fingerprint density at radius 1 is 1.33 bits per heavy atom. The van der Waals surface area contributed by atoms with Crippen LogP contribution in [0.5, 0.6) is 0 Å². The molecule has 1 N–H and O–H groups in total. The first-order valence-corrected chi connectivity index (χ1v) is 8.22. The van der Waals surface area contributed by atoms with E-state index in [2.05, 4.69) is 16.3 Å². The van der Waals surface area contributed by atoms with E-state index in [1.54, 1.807) is 0 Å². The van der Waals surface area contributed by atoms with E-state index < -0.39 is 0 Å². The highest BCUT2D eigenvalue weighted by molar-refractivity contribution is 5.69. The van der Waals surface area contributed by atoms with E-state index >= 15 is 0 Å². The van der Waals surface area contributed by atoms with Crippen LogP contribution < -0.4 is 5.32 Å². The van der Waals surface area contributed by atoms with Gasteiger partial charge in [-0.15, -0.1) is 0 Å². The number of esters is 1. The second-order valence-electron chi connectivity index (χ2n) is 6.31. The Balaban J connectivity index is 1.87. The molecule has 0 aromatic heterocycles. The Kier molecular flexibility index (Phi) is 6.47. The van der Waals surface area contributed by atoms with Crippen molar-refractivity contribution >= 4 is 5.97 Å². The molecule has 0 spiro atoms. The molecule has 2 rings (SSSR count). The van der Waals surface area contributed by atoms with Gasteiger partial charge in [0.05, 0.1) is 19.2 Å². The van der Waals surface area contributed by atoms with Crippen LogP contribution in [0, 0.1) is 17.2 Å². The lowest BCUT2D eigenvalue weighted by molar-refractivity contribution is -0.144. The van der Waals surface area contributed by atoms with Crippen molar-refractivity contribution in [3.05, 3.63) is 0 Å².